The Hall–Kier alpha value is -0.800. The molecular formula is C12H19NO2. The monoisotopic (exact) mass is 209 g/mol. The van der Waals surface area contributed by atoms with Gasteiger partial charge in [0.25, 0.3) is 0 Å². The minimum atomic E-state index is -0.505. The fourth-order valence-electron chi connectivity index (χ4n) is 2.30. The standard InChI is InChI=1S/C12H19NO2/c1-2-9-5-6-13-10(8-9)12(14)11-4-3-7-15-11/h3-4,7,9-10,12-14H,2,5-6,8H2,1H3. The second-order valence-corrected chi connectivity index (χ2v) is 4.32. The zero-order chi connectivity index (χ0) is 10.7. The van der Waals surface area contributed by atoms with E-state index >= 15 is 0 Å². The van der Waals surface area contributed by atoms with Gasteiger partial charge in [-0.3, -0.25) is 0 Å². The van der Waals surface area contributed by atoms with Crippen LogP contribution in [0.15, 0.2) is 22.8 Å². The second kappa shape index (κ2) is 4.81. The molecule has 0 amide bonds. The van der Waals surface area contributed by atoms with Crippen LogP contribution in [0.3, 0.4) is 0 Å². The summed E-state index contributed by atoms with van der Waals surface area (Å²) in [6.45, 7) is 3.22. The van der Waals surface area contributed by atoms with E-state index in [2.05, 4.69) is 12.2 Å². The van der Waals surface area contributed by atoms with E-state index in [1.807, 2.05) is 12.1 Å². The highest BCUT2D eigenvalue weighted by molar-refractivity contribution is 5.05. The van der Waals surface area contributed by atoms with Crippen molar-refractivity contribution in [3.63, 3.8) is 0 Å². The summed E-state index contributed by atoms with van der Waals surface area (Å²) in [5.74, 6) is 1.41. The molecule has 3 nitrogen and oxygen atoms in total. The number of aliphatic hydroxyl groups is 1. The molecule has 3 heteroatoms. The lowest BCUT2D eigenvalue weighted by molar-refractivity contribution is 0.0791. The van der Waals surface area contributed by atoms with Gasteiger partial charge in [-0.15, -0.1) is 0 Å². The molecule has 2 heterocycles. The number of rotatable bonds is 3. The van der Waals surface area contributed by atoms with Gasteiger partial charge in [0.15, 0.2) is 0 Å². The van der Waals surface area contributed by atoms with Gasteiger partial charge in [0.05, 0.1) is 6.26 Å². The zero-order valence-corrected chi connectivity index (χ0v) is 9.15. The third-order valence-electron chi connectivity index (χ3n) is 3.34. The number of furan rings is 1. The predicted molar refractivity (Wildman–Crippen MR) is 58.5 cm³/mol. The van der Waals surface area contributed by atoms with Gasteiger partial charge in [-0.1, -0.05) is 13.3 Å². The Kier molecular flexibility index (Phi) is 3.44. The Morgan fingerprint density at radius 3 is 3.20 bits per heavy atom. The van der Waals surface area contributed by atoms with Crippen LogP contribution in [-0.2, 0) is 0 Å². The zero-order valence-electron chi connectivity index (χ0n) is 9.15. The molecule has 1 aliphatic rings. The Morgan fingerprint density at radius 2 is 2.53 bits per heavy atom. The van der Waals surface area contributed by atoms with E-state index < -0.39 is 6.10 Å². The molecule has 0 bridgehead atoms. The van der Waals surface area contributed by atoms with E-state index in [0.29, 0.717) is 5.76 Å². The highest BCUT2D eigenvalue weighted by Gasteiger charge is 2.28. The fourth-order valence-corrected chi connectivity index (χ4v) is 2.30. The van der Waals surface area contributed by atoms with Gasteiger partial charge in [-0.25, -0.2) is 0 Å². The van der Waals surface area contributed by atoms with Gasteiger partial charge in [0.1, 0.15) is 11.9 Å². The molecule has 1 aromatic heterocycles. The first-order chi connectivity index (χ1) is 7.31. The number of aliphatic hydroxyl groups excluding tert-OH is 1. The maximum atomic E-state index is 10.1. The van der Waals surface area contributed by atoms with Crippen molar-refractivity contribution in [3.05, 3.63) is 24.2 Å². The van der Waals surface area contributed by atoms with Crippen molar-refractivity contribution in [2.45, 2.75) is 38.3 Å². The van der Waals surface area contributed by atoms with Crippen LogP contribution < -0.4 is 5.32 Å². The van der Waals surface area contributed by atoms with Gasteiger partial charge in [-0.2, -0.15) is 0 Å². The fraction of sp³-hybridized carbons (Fsp3) is 0.667. The molecule has 2 rings (SSSR count). The van der Waals surface area contributed by atoms with Crippen LogP contribution in [0.1, 0.15) is 38.1 Å². The third-order valence-corrected chi connectivity index (χ3v) is 3.34. The van der Waals surface area contributed by atoms with E-state index in [1.165, 1.54) is 12.8 Å². The quantitative estimate of drug-likeness (QED) is 0.801. The highest BCUT2D eigenvalue weighted by atomic mass is 16.4. The molecule has 0 aliphatic carbocycles. The summed E-state index contributed by atoms with van der Waals surface area (Å²) in [6, 6.07) is 3.80. The Balaban J connectivity index is 1.98. The van der Waals surface area contributed by atoms with Gasteiger partial charge < -0.3 is 14.8 Å². The molecule has 1 aliphatic heterocycles. The first-order valence-corrected chi connectivity index (χ1v) is 5.76. The molecule has 1 saturated heterocycles. The summed E-state index contributed by atoms with van der Waals surface area (Å²) in [7, 11) is 0. The minimum Gasteiger partial charge on any atom is -0.467 e. The number of hydrogen-bond donors (Lipinski definition) is 2. The SMILES string of the molecule is CCC1CCNC(C(O)c2ccco2)C1. The van der Waals surface area contributed by atoms with Gasteiger partial charge in [0, 0.05) is 6.04 Å². The van der Waals surface area contributed by atoms with Crippen LogP contribution in [-0.4, -0.2) is 17.7 Å². The molecule has 0 aromatic carbocycles. The van der Waals surface area contributed by atoms with Crippen molar-refractivity contribution in [2.24, 2.45) is 5.92 Å². The molecule has 1 aromatic rings. The molecule has 84 valence electrons. The smallest absolute Gasteiger partial charge is 0.133 e. The molecule has 1 fully saturated rings. The topological polar surface area (TPSA) is 45.4 Å². The van der Waals surface area contributed by atoms with Crippen molar-refractivity contribution in [2.75, 3.05) is 6.54 Å². The molecule has 0 radical (unpaired) electrons. The average molecular weight is 209 g/mol. The maximum Gasteiger partial charge on any atom is 0.133 e. The van der Waals surface area contributed by atoms with Gasteiger partial charge >= 0.3 is 0 Å². The Morgan fingerprint density at radius 1 is 1.67 bits per heavy atom. The van der Waals surface area contributed by atoms with E-state index in [-0.39, 0.29) is 6.04 Å². The van der Waals surface area contributed by atoms with Gasteiger partial charge in [0.2, 0.25) is 0 Å². The summed E-state index contributed by atoms with van der Waals surface area (Å²) >= 11 is 0. The summed E-state index contributed by atoms with van der Waals surface area (Å²) in [6.07, 6.45) is 4.56. The average Bonchev–Trinajstić information content (AvgIpc) is 2.81. The first-order valence-electron chi connectivity index (χ1n) is 5.76. The predicted octanol–water partition coefficient (Wildman–Crippen LogP) is 2.09. The lowest BCUT2D eigenvalue weighted by Crippen LogP contribution is -2.41. The molecule has 15 heavy (non-hydrogen) atoms. The summed E-state index contributed by atoms with van der Waals surface area (Å²) in [4.78, 5) is 0. The molecule has 3 unspecified atom stereocenters. The van der Waals surface area contributed by atoms with E-state index in [1.54, 1.807) is 6.26 Å². The lowest BCUT2D eigenvalue weighted by Gasteiger charge is -2.32. The molecule has 2 N–H and O–H groups in total. The van der Waals surface area contributed by atoms with Crippen LogP contribution in [0, 0.1) is 5.92 Å². The summed E-state index contributed by atoms with van der Waals surface area (Å²) in [5, 5.41) is 13.5. The van der Waals surface area contributed by atoms with Crippen LogP contribution in [0.5, 0.6) is 0 Å². The van der Waals surface area contributed by atoms with Crippen LogP contribution in [0.2, 0.25) is 0 Å². The molecular weight excluding hydrogens is 190 g/mol. The van der Waals surface area contributed by atoms with Crippen LogP contribution in [0.25, 0.3) is 0 Å². The first kappa shape index (κ1) is 10.7. The van der Waals surface area contributed by atoms with Crippen molar-refractivity contribution in [3.8, 4) is 0 Å². The highest BCUT2D eigenvalue weighted by Crippen LogP contribution is 2.27. The van der Waals surface area contributed by atoms with E-state index in [0.717, 1.165) is 18.9 Å². The van der Waals surface area contributed by atoms with Crippen LogP contribution in [0.4, 0.5) is 0 Å². The van der Waals surface area contributed by atoms with Crippen LogP contribution >= 0.6 is 0 Å². The maximum absolute atomic E-state index is 10.1. The third kappa shape index (κ3) is 2.41. The Labute approximate surface area is 90.5 Å². The number of nitrogens with one attached hydrogen (secondary N) is 1. The molecule has 0 spiro atoms. The number of hydrogen-bond acceptors (Lipinski definition) is 3. The van der Waals surface area contributed by atoms with Crippen molar-refractivity contribution < 1.29 is 9.52 Å². The molecule has 3 atom stereocenters. The van der Waals surface area contributed by atoms with Crippen molar-refractivity contribution in [1.29, 1.82) is 0 Å². The second-order valence-electron chi connectivity index (χ2n) is 4.32. The van der Waals surface area contributed by atoms with Crippen molar-refractivity contribution >= 4 is 0 Å². The van der Waals surface area contributed by atoms with E-state index in [4.69, 9.17) is 4.42 Å². The lowest BCUT2D eigenvalue weighted by atomic mass is 9.87. The molecule has 0 saturated carbocycles. The summed E-state index contributed by atoms with van der Waals surface area (Å²) in [5.41, 5.74) is 0. The summed E-state index contributed by atoms with van der Waals surface area (Å²) < 4.78 is 5.23. The van der Waals surface area contributed by atoms with Gasteiger partial charge in [-0.05, 0) is 37.4 Å². The minimum absolute atomic E-state index is 0.148. The van der Waals surface area contributed by atoms with Crippen molar-refractivity contribution in [1.82, 2.24) is 5.32 Å². The Bertz CT molecular complexity index is 284. The largest absolute Gasteiger partial charge is 0.467 e. The van der Waals surface area contributed by atoms with E-state index in [9.17, 15) is 5.11 Å². The normalized spacial score (nSPS) is 28.9. The number of piperidine rings is 1.